The maximum absolute atomic E-state index is 12.2. The molecule has 0 bridgehead atoms. The summed E-state index contributed by atoms with van der Waals surface area (Å²) in [5.41, 5.74) is 1.22. The lowest BCUT2D eigenvalue weighted by molar-refractivity contribution is -0.146. The normalized spacial score (nSPS) is 21.3. The lowest BCUT2D eigenvalue weighted by atomic mass is 9.99. The smallest absolute Gasteiger partial charge is 0.310 e. The van der Waals surface area contributed by atoms with Crippen molar-refractivity contribution in [2.75, 3.05) is 26.0 Å². The van der Waals surface area contributed by atoms with Crippen LogP contribution in [0.15, 0.2) is 30.3 Å². The van der Waals surface area contributed by atoms with Crippen LogP contribution in [0.5, 0.6) is 0 Å². The largest absolute Gasteiger partial charge is 0.469 e. The molecule has 2 rings (SSSR count). The molecule has 0 N–H and O–H groups in total. The minimum atomic E-state index is -0.213. The summed E-state index contributed by atoms with van der Waals surface area (Å²) in [6.45, 7) is 3.12. The maximum Gasteiger partial charge on any atom is 0.310 e. The number of thioether (sulfide) groups is 1. The van der Waals surface area contributed by atoms with Crippen LogP contribution in [-0.4, -0.2) is 42.7 Å². The quantitative estimate of drug-likeness (QED) is 0.782. The molecular weight excluding hydrogens is 286 g/mol. The summed E-state index contributed by atoms with van der Waals surface area (Å²) in [5.74, 6) is 1.16. The zero-order valence-electron chi connectivity index (χ0n) is 12.5. The standard InChI is InChI=1S/C16H21NO3S/c1-12-8-17(9-14(12)16(19)20-2)15(18)11-21-10-13-6-4-3-5-7-13/h3-7,12,14H,8-11H2,1-2H3. The molecule has 1 fully saturated rings. The van der Waals surface area contributed by atoms with Gasteiger partial charge in [0.1, 0.15) is 0 Å². The fourth-order valence-electron chi connectivity index (χ4n) is 2.55. The number of likely N-dealkylation sites (tertiary alicyclic amines) is 1. The van der Waals surface area contributed by atoms with Gasteiger partial charge < -0.3 is 9.64 Å². The van der Waals surface area contributed by atoms with Crippen molar-refractivity contribution < 1.29 is 14.3 Å². The van der Waals surface area contributed by atoms with E-state index in [1.165, 1.54) is 12.7 Å². The number of hydrogen-bond donors (Lipinski definition) is 0. The van der Waals surface area contributed by atoms with Gasteiger partial charge in [0.05, 0.1) is 18.8 Å². The van der Waals surface area contributed by atoms with Crippen molar-refractivity contribution in [3.8, 4) is 0 Å². The molecule has 21 heavy (non-hydrogen) atoms. The van der Waals surface area contributed by atoms with Crippen LogP contribution in [0.4, 0.5) is 0 Å². The monoisotopic (exact) mass is 307 g/mol. The molecule has 0 spiro atoms. The summed E-state index contributed by atoms with van der Waals surface area (Å²) in [6.07, 6.45) is 0. The Morgan fingerprint density at radius 1 is 1.29 bits per heavy atom. The average molecular weight is 307 g/mol. The average Bonchev–Trinajstić information content (AvgIpc) is 2.89. The Labute approximate surface area is 129 Å². The van der Waals surface area contributed by atoms with E-state index in [0.29, 0.717) is 18.8 Å². The van der Waals surface area contributed by atoms with Gasteiger partial charge in [0, 0.05) is 18.8 Å². The maximum atomic E-state index is 12.2. The van der Waals surface area contributed by atoms with E-state index in [-0.39, 0.29) is 23.7 Å². The molecule has 1 amide bonds. The molecule has 4 nitrogen and oxygen atoms in total. The van der Waals surface area contributed by atoms with E-state index in [9.17, 15) is 9.59 Å². The molecular formula is C16H21NO3S. The minimum absolute atomic E-state index is 0.106. The van der Waals surface area contributed by atoms with Crippen molar-refractivity contribution in [1.82, 2.24) is 4.90 Å². The van der Waals surface area contributed by atoms with E-state index in [2.05, 4.69) is 12.1 Å². The van der Waals surface area contributed by atoms with Gasteiger partial charge in [-0.2, -0.15) is 0 Å². The van der Waals surface area contributed by atoms with E-state index in [1.54, 1.807) is 16.7 Å². The van der Waals surface area contributed by atoms with E-state index in [1.807, 2.05) is 25.1 Å². The van der Waals surface area contributed by atoms with Crippen molar-refractivity contribution in [2.45, 2.75) is 12.7 Å². The van der Waals surface area contributed by atoms with Crippen LogP contribution >= 0.6 is 11.8 Å². The molecule has 1 saturated heterocycles. The predicted octanol–water partition coefficient (Wildman–Crippen LogP) is 2.19. The molecule has 0 aromatic heterocycles. The van der Waals surface area contributed by atoms with Gasteiger partial charge in [0.2, 0.25) is 5.91 Å². The number of nitrogens with zero attached hydrogens (tertiary/aromatic N) is 1. The highest BCUT2D eigenvalue weighted by Gasteiger charge is 2.37. The Morgan fingerprint density at radius 3 is 2.67 bits per heavy atom. The lowest BCUT2D eigenvalue weighted by Crippen LogP contribution is -2.31. The van der Waals surface area contributed by atoms with Gasteiger partial charge in [0.15, 0.2) is 0 Å². The van der Waals surface area contributed by atoms with Gasteiger partial charge in [0.25, 0.3) is 0 Å². The van der Waals surface area contributed by atoms with Crippen LogP contribution in [0.2, 0.25) is 0 Å². The summed E-state index contributed by atoms with van der Waals surface area (Å²) in [7, 11) is 1.40. The van der Waals surface area contributed by atoms with Crippen LogP contribution in [0.3, 0.4) is 0 Å². The first-order chi connectivity index (χ1) is 10.1. The van der Waals surface area contributed by atoms with E-state index in [4.69, 9.17) is 4.74 Å². The topological polar surface area (TPSA) is 46.6 Å². The van der Waals surface area contributed by atoms with Crippen molar-refractivity contribution in [3.63, 3.8) is 0 Å². The zero-order valence-corrected chi connectivity index (χ0v) is 13.3. The first-order valence-electron chi connectivity index (χ1n) is 7.09. The number of ether oxygens (including phenoxy) is 1. The van der Waals surface area contributed by atoms with Gasteiger partial charge in [-0.1, -0.05) is 37.3 Å². The Kier molecular flexibility index (Phi) is 5.67. The van der Waals surface area contributed by atoms with Gasteiger partial charge >= 0.3 is 5.97 Å². The van der Waals surface area contributed by atoms with E-state index >= 15 is 0 Å². The third kappa shape index (κ3) is 4.24. The van der Waals surface area contributed by atoms with E-state index < -0.39 is 0 Å². The third-order valence-electron chi connectivity index (χ3n) is 3.81. The highest BCUT2D eigenvalue weighted by molar-refractivity contribution is 7.99. The predicted molar refractivity (Wildman–Crippen MR) is 83.9 cm³/mol. The summed E-state index contributed by atoms with van der Waals surface area (Å²) in [5, 5.41) is 0. The molecule has 1 aromatic rings. The molecule has 1 heterocycles. The number of rotatable bonds is 5. The van der Waals surface area contributed by atoms with Crippen LogP contribution < -0.4 is 0 Å². The van der Waals surface area contributed by atoms with Crippen LogP contribution in [0, 0.1) is 11.8 Å². The highest BCUT2D eigenvalue weighted by Crippen LogP contribution is 2.25. The Balaban J connectivity index is 1.78. The number of methoxy groups -OCH3 is 1. The van der Waals surface area contributed by atoms with Crippen molar-refractivity contribution >= 4 is 23.6 Å². The van der Waals surface area contributed by atoms with Crippen molar-refractivity contribution in [1.29, 1.82) is 0 Å². The van der Waals surface area contributed by atoms with E-state index in [0.717, 1.165) is 5.75 Å². The van der Waals surface area contributed by atoms with Crippen molar-refractivity contribution in [2.24, 2.45) is 11.8 Å². The molecule has 1 aliphatic rings. The number of esters is 1. The first kappa shape index (κ1) is 15.9. The fraction of sp³-hybridized carbons (Fsp3) is 0.500. The van der Waals surface area contributed by atoms with Crippen LogP contribution in [0.25, 0.3) is 0 Å². The molecule has 0 saturated carbocycles. The minimum Gasteiger partial charge on any atom is -0.469 e. The van der Waals surface area contributed by atoms with Gasteiger partial charge in [-0.3, -0.25) is 9.59 Å². The molecule has 2 atom stereocenters. The first-order valence-corrected chi connectivity index (χ1v) is 8.24. The second-order valence-corrected chi connectivity index (χ2v) is 6.37. The Morgan fingerprint density at radius 2 is 2.00 bits per heavy atom. The molecule has 5 heteroatoms. The fourth-order valence-corrected chi connectivity index (χ4v) is 3.44. The number of amides is 1. The molecule has 1 aromatic carbocycles. The molecule has 0 aliphatic carbocycles. The number of carbonyl (C=O) groups is 2. The Bertz CT molecular complexity index is 492. The second kappa shape index (κ2) is 7.50. The van der Waals surface area contributed by atoms with Gasteiger partial charge in [-0.15, -0.1) is 11.8 Å². The summed E-state index contributed by atoms with van der Waals surface area (Å²) in [6, 6.07) is 10.1. The number of benzene rings is 1. The Hall–Kier alpha value is -1.49. The van der Waals surface area contributed by atoms with Crippen LogP contribution in [-0.2, 0) is 20.1 Å². The molecule has 114 valence electrons. The molecule has 1 aliphatic heterocycles. The van der Waals surface area contributed by atoms with Gasteiger partial charge in [-0.25, -0.2) is 0 Å². The lowest BCUT2D eigenvalue weighted by Gasteiger charge is -2.15. The summed E-state index contributed by atoms with van der Waals surface area (Å²) >= 11 is 1.61. The third-order valence-corrected chi connectivity index (χ3v) is 4.79. The molecule has 0 radical (unpaired) electrons. The number of carbonyl (C=O) groups excluding carboxylic acids is 2. The highest BCUT2D eigenvalue weighted by atomic mass is 32.2. The second-order valence-electron chi connectivity index (χ2n) is 5.38. The number of hydrogen-bond acceptors (Lipinski definition) is 4. The van der Waals surface area contributed by atoms with Crippen molar-refractivity contribution in [3.05, 3.63) is 35.9 Å². The summed E-state index contributed by atoms with van der Waals surface area (Å²) < 4.78 is 4.79. The molecule has 2 unspecified atom stereocenters. The summed E-state index contributed by atoms with van der Waals surface area (Å²) in [4.78, 5) is 25.6. The van der Waals surface area contributed by atoms with Crippen LogP contribution in [0.1, 0.15) is 12.5 Å². The zero-order chi connectivity index (χ0) is 15.2. The van der Waals surface area contributed by atoms with Gasteiger partial charge in [-0.05, 0) is 11.5 Å². The SMILES string of the molecule is COC(=O)C1CN(C(=O)CSCc2ccccc2)CC1C.